The van der Waals surface area contributed by atoms with Crippen LogP contribution in [0.2, 0.25) is 0 Å². The van der Waals surface area contributed by atoms with E-state index in [1.807, 2.05) is 0 Å². The van der Waals surface area contributed by atoms with Crippen LogP contribution < -0.4 is 5.32 Å². The van der Waals surface area contributed by atoms with Gasteiger partial charge in [0.1, 0.15) is 6.04 Å². The Labute approximate surface area is 125 Å². The maximum absolute atomic E-state index is 12.5. The van der Waals surface area contributed by atoms with E-state index in [9.17, 15) is 22.8 Å². The van der Waals surface area contributed by atoms with E-state index in [-0.39, 0.29) is 5.56 Å². The Kier molecular flexibility index (Phi) is 4.73. The smallest absolute Gasteiger partial charge is 0.416 e. The number of alkyl halides is 3. The molecule has 2 rings (SSSR count). The van der Waals surface area contributed by atoms with Crippen molar-refractivity contribution in [3.63, 3.8) is 0 Å². The molecule has 7 heteroatoms. The minimum Gasteiger partial charge on any atom is -0.467 e. The third-order valence-corrected chi connectivity index (χ3v) is 3.53. The van der Waals surface area contributed by atoms with E-state index >= 15 is 0 Å². The molecule has 0 saturated heterocycles. The fourth-order valence-electron chi connectivity index (χ4n) is 2.10. The normalized spacial score (nSPS) is 16.0. The summed E-state index contributed by atoms with van der Waals surface area (Å²) in [6.07, 6.45) is -1.96. The number of halogens is 3. The lowest BCUT2D eigenvalue weighted by molar-refractivity contribution is -0.143. The van der Waals surface area contributed by atoms with Crippen molar-refractivity contribution in [2.45, 2.75) is 31.5 Å². The number of nitrogens with one attached hydrogen (secondary N) is 1. The third kappa shape index (κ3) is 4.22. The lowest BCUT2D eigenvalue weighted by Crippen LogP contribution is -2.41. The lowest BCUT2D eigenvalue weighted by Gasteiger charge is -2.16. The largest absolute Gasteiger partial charge is 0.467 e. The number of carbonyl (C=O) groups excluding carboxylic acids is 2. The molecule has 0 radical (unpaired) electrons. The van der Waals surface area contributed by atoms with Crippen LogP contribution in [-0.4, -0.2) is 25.0 Å². The number of rotatable bonds is 5. The second kappa shape index (κ2) is 6.37. The van der Waals surface area contributed by atoms with Gasteiger partial charge in [0, 0.05) is 5.56 Å². The van der Waals surface area contributed by atoms with Gasteiger partial charge < -0.3 is 10.1 Å². The van der Waals surface area contributed by atoms with Crippen LogP contribution in [0.5, 0.6) is 0 Å². The summed E-state index contributed by atoms with van der Waals surface area (Å²) in [5.41, 5.74) is -0.760. The first-order valence-electron chi connectivity index (χ1n) is 6.87. The van der Waals surface area contributed by atoms with Crippen LogP contribution in [0.25, 0.3) is 0 Å². The van der Waals surface area contributed by atoms with Crippen LogP contribution in [0.4, 0.5) is 13.2 Å². The first-order valence-corrected chi connectivity index (χ1v) is 6.87. The van der Waals surface area contributed by atoms with Crippen molar-refractivity contribution in [2.75, 3.05) is 7.11 Å². The number of hydrogen-bond acceptors (Lipinski definition) is 3. The summed E-state index contributed by atoms with van der Waals surface area (Å²) >= 11 is 0. The Balaban J connectivity index is 2.04. The average molecular weight is 315 g/mol. The molecule has 1 aromatic rings. The van der Waals surface area contributed by atoms with Gasteiger partial charge in [-0.25, -0.2) is 4.79 Å². The zero-order chi connectivity index (χ0) is 16.3. The van der Waals surface area contributed by atoms with Gasteiger partial charge in [-0.05, 0) is 36.6 Å². The molecule has 1 atom stereocenters. The molecular formula is C15H16F3NO3. The fraction of sp³-hybridized carbons (Fsp3) is 0.467. The Bertz CT molecular complexity index is 550. The van der Waals surface area contributed by atoms with Crippen LogP contribution in [-0.2, 0) is 15.7 Å². The number of benzene rings is 1. The molecule has 0 aromatic heterocycles. The van der Waals surface area contributed by atoms with Crippen molar-refractivity contribution in [1.29, 1.82) is 0 Å². The van der Waals surface area contributed by atoms with E-state index in [0.717, 1.165) is 37.1 Å². The molecular weight excluding hydrogens is 299 g/mol. The Hall–Kier alpha value is -2.05. The van der Waals surface area contributed by atoms with Crippen molar-refractivity contribution >= 4 is 11.9 Å². The number of esters is 1. The van der Waals surface area contributed by atoms with Gasteiger partial charge in [-0.1, -0.05) is 12.8 Å². The Morgan fingerprint density at radius 3 is 2.32 bits per heavy atom. The van der Waals surface area contributed by atoms with E-state index in [1.165, 1.54) is 7.11 Å². The lowest BCUT2D eigenvalue weighted by atomic mass is 10.1. The zero-order valence-corrected chi connectivity index (χ0v) is 11.9. The van der Waals surface area contributed by atoms with Gasteiger partial charge in [0.15, 0.2) is 0 Å². The van der Waals surface area contributed by atoms with Crippen molar-refractivity contribution < 1.29 is 27.5 Å². The van der Waals surface area contributed by atoms with Gasteiger partial charge >= 0.3 is 12.1 Å². The van der Waals surface area contributed by atoms with Crippen LogP contribution >= 0.6 is 0 Å². The van der Waals surface area contributed by atoms with E-state index in [2.05, 4.69) is 10.1 Å². The standard InChI is InChI=1S/C15H16F3NO3/c1-22-14(21)12(8-9-2-3-9)19-13(20)10-4-6-11(7-5-10)15(16,17)18/h4-7,9,12H,2-3,8H2,1H3,(H,19,20)/t12-/m1/s1. The summed E-state index contributed by atoms with van der Waals surface area (Å²) in [7, 11) is 1.23. The molecule has 0 aliphatic heterocycles. The highest BCUT2D eigenvalue weighted by atomic mass is 19.4. The molecule has 120 valence electrons. The number of amides is 1. The molecule has 1 aromatic carbocycles. The Morgan fingerprint density at radius 1 is 1.27 bits per heavy atom. The number of carbonyl (C=O) groups is 2. The number of hydrogen-bond donors (Lipinski definition) is 1. The van der Waals surface area contributed by atoms with E-state index < -0.39 is 29.7 Å². The highest BCUT2D eigenvalue weighted by Gasteiger charge is 2.32. The molecule has 4 nitrogen and oxygen atoms in total. The van der Waals surface area contributed by atoms with Gasteiger partial charge in [0.2, 0.25) is 0 Å². The van der Waals surface area contributed by atoms with Gasteiger partial charge in [-0.3, -0.25) is 4.79 Å². The van der Waals surface area contributed by atoms with Gasteiger partial charge in [0.25, 0.3) is 5.91 Å². The van der Waals surface area contributed by atoms with E-state index in [0.29, 0.717) is 12.3 Å². The SMILES string of the molecule is COC(=O)[C@@H](CC1CC1)NC(=O)c1ccc(C(F)(F)F)cc1. The van der Waals surface area contributed by atoms with Gasteiger partial charge in [-0.15, -0.1) is 0 Å². The van der Waals surface area contributed by atoms with E-state index in [1.54, 1.807) is 0 Å². The summed E-state index contributed by atoms with van der Waals surface area (Å²) in [5, 5.41) is 2.52. The second-order valence-corrected chi connectivity index (χ2v) is 5.30. The first-order chi connectivity index (χ1) is 10.3. The summed E-state index contributed by atoms with van der Waals surface area (Å²) in [6.45, 7) is 0. The predicted molar refractivity (Wildman–Crippen MR) is 72.1 cm³/mol. The minimum absolute atomic E-state index is 0.0673. The molecule has 0 unspecified atom stereocenters. The second-order valence-electron chi connectivity index (χ2n) is 5.30. The highest BCUT2D eigenvalue weighted by Crippen LogP contribution is 2.34. The zero-order valence-electron chi connectivity index (χ0n) is 11.9. The molecule has 0 bridgehead atoms. The third-order valence-electron chi connectivity index (χ3n) is 3.53. The topological polar surface area (TPSA) is 55.4 Å². The van der Waals surface area contributed by atoms with Gasteiger partial charge in [0.05, 0.1) is 12.7 Å². The van der Waals surface area contributed by atoms with Crippen LogP contribution in [0, 0.1) is 5.92 Å². The van der Waals surface area contributed by atoms with Crippen molar-refractivity contribution in [1.82, 2.24) is 5.32 Å². The fourth-order valence-corrected chi connectivity index (χ4v) is 2.10. The molecule has 1 amide bonds. The summed E-state index contributed by atoms with van der Waals surface area (Å²) < 4.78 is 42.1. The van der Waals surface area contributed by atoms with Crippen molar-refractivity contribution in [2.24, 2.45) is 5.92 Å². The molecule has 1 N–H and O–H groups in total. The molecule has 1 aliphatic carbocycles. The molecule has 22 heavy (non-hydrogen) atoms. The average Bonchev–Trinajstić information content (AvgIpc) is 3.29. The van der Waals surface area contributed by atoms with Crippen molar-refractivity contribution in [3.8, 4) is 0 Å². The van der Waals surface area contributed by atoms with Crippen LogP contribution in [0.15, 0.2) is 24.3 Å². The quantitative estimate of drug-likeness (QED) is 0.850. The number of ether oxygens (including phenoxy) is 1. The Morgan fingerprint density at radius 2 is 1.86 bits per heavy atom. The van der Waals surface area contributed by atoms with Crippen LogP contribution in [0.1, 0.15) is 35.2 Å². The van der Waals surface area contributed by atoms with E-state index in [4.69, 9.17) is 0 Å². The first kappa shape index (κ1) is 16.3. The number of methoxy groups -OCH3 is 1. The molecule has 0 spiro atoms. The molecule has 0 heterocycles. The van der Waals surface area contributed by atoms with Crippen LogP contribution in [0.3, 0.4) is 0 Å². The predicted octanol–water partition coefficient (Wildman–Crippen LogP) is 2.78. The summed E-state index contributed by atoms with van der Waals surface area (Å²) in [4.78, 5) is 23.7. The molecule has 1 saturated carbocycles. The maximum atomic E-state index is 12.5. The summed E-state index contributed by atoms with van der Waals surface area (Å²) in [5.74, 6) is -0.756. The molecule has 1 aliphatic rings. The van der Waals surface area contributed by atoms with Crippen molar-refractivity contribution in [3.05, 3.63) is 35.4 Å². The molecule has 1 fully saturated rings. The van der Waals surface area contributed by atoms with Gasteiger partial charge in [-0.2, -0.15) is 13.2 Å². The monoisotopic (exact) mass is 315 g/mol. The minimum atomic E-state index is -4.45. The highest BCUT2D eigenvalue weighted by molar-refractivity contribution is 5.96. The summed E-state index contributed by atoms with van der Waals surface area (Å²) in [6, 6.07) is 3.08. The maximum Gasteiger partial charge on any atom is 0.416 e.